The molecule has 0 atom stereocenters. The van der Waals surface area contributed by atoms with Gasteiger partial charge >= 0.3 is 0 Å². The molecule has 0 amide bonds. The standard InChI is InChI=1S/C7H9N.C6H6BN.7CH4.2BH/c1-6-4-3-5-7(2)8-6;1-5-3-2-4-6(7)8-5;;;;;;;;;/h3-5H,1-2H3;2-4H,1H3;7*1H4;2*1H/i3D;2D;;;;;;;;;. The molecule has 0 aliphatic carbocycles. The molecular formula is C20H45B3N2. The summed E-state index contributed by atoms with van der Waals surface area (Å²) in [5.41, 5.74) is 3.04. The lowest BCUT2D eigenvalue weighted by Crippen LogP contribution is -2.07. The minimum absolute atomic E-state index is 0. The minimum Gasteiger partial charge on any atom is -0.270 e. The molecule has 0 bridgehead atoms. The quantitative estimate of drug-likeness (QED) is 0.624. The lowest BCUT2D eigenvalue weighted by atomic mass is 10.0. The molecule has 2 rings (SSSR count). The van der Waals surface area contributed by atoms with Crippen LogP contribution >= 0.6 is 0 Å². The van der Waals surface area contributed by atoms with E-state index >= 15 is 0 Å². The fourth-order valence-corrected chi connectivity index (χ4v) is 1.14. The monoisotopic (exact) mass is 348 g/mol. The number of rotatable bonds is 0. The molecule has 0 spiro atoms. The topological polar surface area (TPSA) is 25.8 Å². The van der Waals surface area contributed by atoms with Gasteiger partial charge in [-0.05, 0) is 44.6 Å². The Hall–Kier alpha value is -1.51. The predicted octanol–water partition coefficient (Wildman–Crippen LogP) is 5.04. The van der Waals surface area contributed by atoms with Gasteiger partial charge in [0.1, 0.15) is 7.85 Å². The minimum atomic E-state index is 0. The highest BCUT2D eigenvalue weighted by Gasteiger charge is 1.82. The Balaban J connectivity index is -0.0000000257. The summed E-state index contributed by atoms with van der Waals surface area (Å²) in [5.74, 6) is 0. The molecule has 0 saturated carbocycles. The molecule has 0 aromatic carbocycles. The first kappa shape index (κ1) is 43.7. The van der Waals surface area contributed by atoms with Crippen LogP contribution in [0.2, 0.25) is 0 Å². The fourth-order valence-electron chi connectivity index (χ4n) is 1.14. The molecule has 6 radical (unpaired) electrons. The zero-order valence-electron chi connectivity index (χ0n) is 13.2. The zero-order valence-corrected chi connectivity index (χ0v) is 11.2. The molecule has 5 heteroatoms. The highest BCUT2D eigenvalue weighted by atomic mass is 14.7. The van der Waals surface area contributed by atoms with E-state index in [-0.39, 0.29) is 68.8 Å². The lowest BCUT2D eigenvalue weighted by Gasteiger charge is -1.90. The van der Waals surface area contributed by atoms with Crippen molar-refractivity contribution in [3.05, 3.63) is 53.4 Å². The third-order valence-corrected chi connectivity index (χ3v) is 1.77. The van der Waals surface area contributed by atoms with E-state index in [1.165, 1.54) is 6.07 Å². The van der Waals surface area contributed by atoms with Crippen molar-refractivity contribution in [1.82, 2.24) is 9.97 Å². The first-order valence-corrected chi connectivity index (χ1v) is 4.99. The van der Waals surface area contributed by atoms with Gasteiger partial charge in [0.25, 0.3) is 0 Å². The average Bonchev–Trinajstić information content (AvgIpc) is 2.12. The normalized spacial score (nSPS) is 7.00. The van der Waals surface area contributed by atoms with Crippen LogP contribution in [0.15, 0.2) is 36.4 Å². The van der Waals surface area contributed by atoms with Gasteiger partial charge < -0.3 is 0 Å². The third-order valence-electron chi connectivity index (χ3n) is 1.77. The molecule has 0 saturated heterocycles. The zero-order chi connectivity index (χ0) is 13.7. The summed E-state index contributed by atoms with van der Waals surface area (Å²) in [4.78, 5) is 8.01. The van der Waals surface area contributed by atoms with Crippen LogP contribution in [0.4, 0.5) is 0 Å². The van der Waals surface area contributed by atoms with E-state index in [1.807, 2.05) is 20.8 Å². The number of nitrogens with zero attached hydrogens (tertiary/aromatic N) is 2. The number of aryl methyl sites for hydroxylation is 3. The molecule has 2 aromatic heterocycles. The van der Waals surface area contributed by atoms with Crippen molar-refractivity contribution in [2.45, 2.75) is 72.8 Å². The maximum Gasteiger partial charge on any atom is 0.141 e. The number of hydrogen-bond donors (Lipinski definition) is 0. The van der Waals surface area contributed by atoms with Crippen LogP contribution < -0.4 is 5.59 Å². The van der Waals surface area contributed by atoms with Crippen molar-refractivity contribution in [3.63, 3.8) is 0 Å². The van der Waals surface area contributed by atoms with Crippen molar-refractivity contribution in [2.75, 3.05) is 0 Å². The van der Waals surface area contributed by atoms with Crippen molar-refractivity contribution in [1.29, 1.82) is 0 Å². The van der Waals surface area contributed by atoms with Gasteiger partial charge in [0, 0.05) is 33.9 Å². The summed E-state index contributed by atoms with van der Waals surface area (Å²) in [7, 11) is 5.33. The van der Waals surface area contributed by atoms with Crippen LogP contribution in [-0.2, 0) is 0 Å². The molecule has 2 aromatic rings. The van der Waals surface area contributed by atoms with Crippen LogP contribution in [0.1, 0.15) is 71.8 Å². The molecule has 0 fully saturated rings. The molecule has 2 nitrogen and oxygen atoms in total. The second kappa shape index (κ2) is 30.4. The first-order valence-electron chi connectivity index (χ1n) is 5.99. The van der Waals surface area contributed by atoms with Crippen LogP contribution in [0.5, 0.6) is 0 Å². The average molecular weight is 348 g/mol. The smallest absolute Gasteiger partial charge is 0.141 e. The summed E-state index contributed by atoms with van der Waals surface area (Å²) in [5, 5.41) is 0. The number of pyridine rings is 2. The Bertz CT molecular complexity index is 404. The third kappa shape index (κ3) is 27.6. The van der Waals surface area contributed by atoms with E-state index < -0.39 is 0 Å². The van der Waals surface area contributed by atoms with Gasteiger partial charge in [-0.1, -0.05) is 70.1 Å². The van der Waals surface area contributed by atoms with E-state index in [9.17, 15) is 0 Å². The summed E-state index contributed by atoms with van der Waals surface area (Å²) in [6.07, 6.45) is 0. The van der Waals surface area contributed by atoms with Crippen LogP contribution in [0, 0.1) is 20.8 Å². The highest BCUT2D eigenvalue weighted by Crippen LogP contribution is 1.93. The second-order valence-electron chi connectivity index (χ2n) is 3.48. The summed E-state index contributed by atoms with van der Waals surface area (Å²) in [6, 6.07) is 7.63. The highest BCUT2D eigenvalue weighted by molar-refractivity contribution is 6.30. The molecule has 0 aliphatic heterocycles. The number of aromatic nitrogens is 2. The molecule has 0 N–H and O–H groups in total. The van der Waals surface area contributed by atoms with Crippen LogP contribution in [0.3, 0.4) is 0 Å². The SMILES string of the molecule is C.C.C.C.C.C.C.[2H]c1cc(C)nc(C)c1.[2H]c1cc([B])nc(C)c1.[BH].[BH]. The van der Waals surface area contributed by atoms with Crippen LogP contribution in [-0.4, -0.2) is 34.6 Å². The number of hydrogen-bond acceptors (Lipinski definition) is 2. The Morgan fingerprint density at radius 3 is 1.16 bits per heavy atom. The lowest BCUT2D eigenvalue weighted by molar-refractivity contribution is 1.12. The van der Waals surface area contributed by atoms with E-state index in [2.05, 4.69) is 9.97 Å². The molecular weight excluding hydrogens is 301 g/mol. The van der Waals surface area contributed by atoms with Crippen molar-refractivity contribution in [2.24, 2.45) is 0 Å². The maximum absolute atomic E-state index is 7.24. The molecule has 0 unspecified atom stereocenters. The summed E-state index contributed by atoms with van der Waals surface area (Å²) in [6.45, 7) is 5.60. The van der Waals surface area contributed by atoms with E-state index in [4.69, 9.17) is 10.6 Å². The first-order chi connectivity index (χ1) is 8.36. The van der Waals surface area contributed by atoms with Gasteiger partial charge in [-0.15, -0.1) is 0 Å². The predicted molar refractivity (Wildman–Crippen MR) is 129 cm³/mol. The maximum atomic E-state index is 7.24. The van der Waals surface area contributed by atoms with Crippen molar-refractivity contribution < 1.29 is 2.74 Å². The Morgan fingerprint density at radius 2 is 0.920 bits per heavy atom. The van der Waals surface area contributed by atoms with Crippen molar-refractivity contribution >= 4 is 30.3 Å². The second-order valence-corrected chi connectivity index (χ2v) is 3.48. The van der Waals surface area contributed by atoms with E-state index in [0.717, 1.165) is 17.1 Å². The van der Waals surface area contributed by atoms with Gasteiger partial charge in [0.2, 0.25) is 0 Å². The summed E-state index contributed by atoms with van der Waals surface area (Å²) >= 11 is 0. The Morgan fingerprint density at radius 1 is 0.640 bits per heavy atom. The Labute approximate surface area is 169 Å². The van der Waals surface area contributed by atoms with Crippen molar-refractivity contribution in [3.8, 4) is 0 Å². The Kier molecular flexibility index (Phi) is 53.1. The molecule has 25 heavy (non-hydrogen) atoms. The van der Waals surface area contributed by atoms with Gasteiger partial charge in [0.05, 0.1) is 2.74 Å². The largest absolute Gasteiger partial charge is 0.270 e. The van der Waals surface area contributed by atoms with Gasteiger partial charge in [-0.25, -0.2) is 0 Å². The van der Waals surface area contributed by atoms with E-state index in [0.29, 0.717) is 17.7 Å². The molecule has 2 heterocycles. The molecule has 0 aliphatic rings. The van der Waals surface area contributed by atoms with Gasteiger partial charge in [-0.3, -0.25) is 9.97 Å². The molecule has 144 valence electrons. The van der Waals surface area contributed by atoms with Gasteiger partial charge in [-0.2, -0.15) is 0 Å². The summed E-state index contributed by atoms with van der Waals surface area (Å²) < 4.78 is 14.4. The fraction of sp³-hybridized carbons (Fsp3) is 0.500. The van der Waals surface area contributed by atoms with Crippen LogP contribution in [0.25, 0.3) is 0 Å². The van der Waals surface area contributed by atoms with Gasteiger partial charge in [0.15, 0.2) is 0 Å². The van der Waals surface area contributed by atoms with E-state index in [1.54, 1.807) is 18.2 Å².